The molecule has 2 aliphatic heterocycles. The lowest BCUT2D eigenvalue weighted by atomic mass is 10.2. The first kappa shape index (κ1) is 14.1. The topological polar surface area (TPSA) is 84.3 Å². The van der Waals surface area contributed by atoms with Crippen molar-refractivity contribution in [2.45, 2.75) is 31.5 Å². The van der Waals surface area contributed by atoms with Crippen molar-refractivity contribution < 1.29 is 19.8 Å². The van der Waals surface area contributed by atoms with Crippen LogP contribution in [0.1, 0.15) is 13.3 Å². The number of urea groups is 1. The SMILES string of the molecule is CC1CN(C)CCN1C(=O)N1C[C@@H](O)C[C@H]1C(=O)O. The first-order valence-electron chi connectivity index (χ1n) is 6.56. The molecule has 1 unspecified atom stereocenters. The number of carbonyl (C=O) groups is 2. The minimum absolute atomic E-state index is 0.0541. The predicted octanol–water partition coefficient (Wildman–Crippen LogP) is -0.738. The molecule has 3 atom stereocenters. The highest BCUT2D eigenvalue weighted by atomic mass is 16.4. The number of β-amino-alcohol motifs (C(OH)–C–C–N with tert-alkyl or cyclic N) is 1. The van der Waals surface area contributed by atoms with Crippen LogP contribution >= 0.6 is 0 Å². The number of nitrogens with zero attached hydrogens (tertiary/aromatic N) is 3. The summed E-state index contributed by atoms with van der Waals surface area (Å²) in [5.74, 6) is -1.05. The fourth-order valence-electron chi connectivity index (χ4n) is 2.85. The Kier molecular flexibility index (Phi) is 3.96. The minimum atomic E-state index is -1.05. The number of aliphatic hydroxyl groups is 1. The van der Waals surface area contributed by atoms with Crippen LogP contribution in [0.5, 0.6) is 0 Å². The van der Waals surface area contributed by atoms with Gasteiger partial charge in [0, 0.05) is 38.6 Å². The molecule has 108 valence electrons. The van der Waals surface area contributed by atoms with Gasteiger partial charge in [0.2, 0.25) is 0 Å². The van der Waals surface area contributed by atoms with Gasteiger partial charge in [-0.05, 0) is 14.0 Å². The Bertz CT molecular complexity index is 376. The van der Waals surface area contributed by atoms with Crippen LogP contribution in [0, 0.1) is 0 Å². The molecular formula is C12H21N3O4. The molecule has 2 aliphatic rings. The van der Waals surface area contributed by atoms with E-state index in [2.05, 4.69) is 4.90 Å². The lowest BCUT2D eigenvalue weighted by Gasteiger charge is -2.40. The number of aliphatic hydroxyl groups excluding tert-OH is 1. The van der Waals surface area contributed by atoms with Gasteiger partial charge in [0.1, 0.15) is 6.04 Å². The fraction of sp³-hybridized carbons (Fsp3) is 0.833. The van der Waals surface area contributed by atoms with Crippen LogP contribution in [0.15, 0.2) is 0 Å². The molecule has 2 rings (SSSR count). The van der Waals surface area contributed by atoms with Gasteiger partial charge < -0.3 is 24.9 Å². The van der Waals surface area contributed by atoms with E-state index < -0.39 is 18.1 Å². The third-order valence-electron chi connectivity index (χ3n) is 3.89. The summed E-state index contributed by atoms with van der Waals surface area (Å²) in [7, 11) is 2.00. The second-order valence-corrected chi connectivity index (χ2v) is 5.48. The molecule has 0 radical (unpaired) electrons. The average Bonchev–Trinajstić information content (AvgIpc) is 2.70. The summed E-state index contributed by atoms with van der Waals surface area (Å²) in [6.45, 7) is 4.21. The first-order chi connectivity index (χ1) is 8.90. The number of piperazine rings is 1. The molecular weight excluding hydrogens is 250 g/mol. The third-order valence-corrected chi connectivity index (χ3v) is 3.89. The maximum Gasteiger partial charge on any atom is 0.326 e. The zero-order chi connectivity index (χ0) is 14.2. The molecule has 2 saturated heterocycles. The van der Waals surface area contributed by atoms with Gasteiger partial charge in [-0.2, -0.15) is 0 Å². The highest BCUT2D eigenvalue weighted by Gasteiger charge is 2.42. The second-order valence-electron chi connectivity index (χ2n) is 5.48. The monoisotopic (exact) mass is 271 g/mol. The number of rotatable bonds is 1. The lowest BCUT2D eigenvalue weighted by Crippen LogP contribution is -2.57. The van der Waals surface area contributed by atoms with Crippen LogP contribution in [0.2, 0.25) is 0 Å². The fourth-order valence-corrected chi connectivity index (χ4v) is 2.85. The summed E-state index contributed by atoms with van der Waals surface area (Å²) >= 11 is 0. The van der Waals surface area contributed by atoms with Crippen LogP contribution in [0.25, 0.3) is 0 Å². The van der Waals surface area contributed by atoms with Crippen molar-refractivity contribution in [2.75, 3.05) is 33.2 Å². The number of hydrogen-bond acceptors (Lipinski definition) is 4. The van der Waals surface area contributed by atoms with Crippen LogP contribution in [-0.2, 0) is 4.79 Å². The number of carboxylic acid groups (broad SMARTS) is 1. The molecule has 2 heterocycles. The smallest absolute Gasteiger partial charge is 0.326 e. The predicted molar refractivity (Wildman–Crippen MR) is 67.8 cm³/mol. The van der Waals surface area contributed by atoms with Gasteiger partial charge in [-0.1, -0.05) is 0 Å². The molecule has 0 bridgehead atoms. The van der Waals surface area contributed by atoms with Crippen LogP contribution in [-0.4, -0.2) is 88.3 Å². The highest BCUT2D eigenvalue weighted by Crippen LogP contribution is 2.21. The van der Waals surface area contributed by atoms with Crippen molar-refractivity contribution in [2.24, 2.45) is 0 Å². The summed E-state index contributed by atoms with van der Waals surface area (Å²) < 4.78 is 0. The van der Waals surface area contributed by atoms with Gasteiger partial charge in [-0.25, -0.2) is 9.59 Å². The summed E-state index contributed by atoms with van der Waals surface area (Å²) in [6, 6.07) is -1.13. The van der Waals surface area contributed by atoms with E-state index in [4.69, 9.17) is 5.11 Å². The molecule has 0 spiro atoms. The Morgan fingerprint density at radius 3 is 2.42 bits per heavy atom. The van der Waals surface area contributed by atoms with E-state index in [9.17, 15) is 14.7 Å². The van der Waals surface area contributed by atoms with Gasteiger partial charge in [0.05, 0.1) is 6.10 Å². The van der Waals surface area contributed by atoms with E-state index in [0.717, 1.165) is 13.1 Å². The van der Waals surface area contributed by atoms with Crippen molar-refractivity contribution >= 4 is 12.0 Å². The zero-order valence-electron chi connectivity index (χ0n) is 11.3. The molecule has 0 saturated carbocycles. The maximum atomic E-state index is 12.4. The Balaban J connectivity index is 2.08. The Morgan fingerprint density at radius 2 is 1.84 bits per heavy atom. The van der Waals surface area contributed by atoms with E-state index in [1.54, 1.807) is 4.90 Å². The molecule has 2 fully saturated rings. The Labute approximate surface area is 112 Å². The van der Waals surface area contributed by atoms with Gasteiger partial charge in [0.25, 0.3) is 0 Å². The molecule has 19 heavy (non-hydrogen) atoms. The van der Waals surface area contributed by atoms with Crippen molar-refractivity contribution in [1.82, 2.24) is 14.7 Å². The molecule has 0 aromatic heterocycles. The van der Waals surface area contributed by atoms with Gasteiger partial charge in [-0.3, -0.25) is 0 Å². The molecule has 2 N–H and O–H groups in total. The highest BCUT2D eigenvalue weighted by molar-refractivity contribution is 5.83. The summed E-state index contributed by atoms with van der Waals surface area (Å²) in [5.41, 5.74) is 0. The lowest BCUT2D eigenvalue weighted by molar-refractivity contribution is -0.141. The number of carbonyl (C=O) groups excluding carboxylic acids is 1. The number of amides is 2. The average molecular weight is 271 g/mol. The largest absolute Gasteiger partial charge is 0.480 e. The Morgan fingerprint density at radius 1 is 1.16 bits per heavy atom. The Hall–Kier alpha value is -1.34. The molecule has 0 aromatic rings. The molecule has 7 nitrogen and oxygen atoms in total. The normalized spacial score (nSPS) is 32.7. The van der Waals surface area contributed by atoms with E-state index in [0.29, 0.717) is 6.54 Å². The molecule has 0 aromatic carbocycles. The van der Waals surface area contributed by atoms with Crippen LogP contribution in [0.3, 0.4) is 0 Å². The number of hydrogen-bond donors (Lipinski definition) is 2. The van der Waals surface area contributed by atoms with Gasteiger partial charge in [-0.15, -0.1) is 0 Å². The van der Waals surface area contributed by atoms with E-state index >= 15 is 0 Å². The standard InChI is InChI=1S/C12H21N3O4/c1-8-6-13(2)3-4-14(8)12(19)15-7-9(16)5-10(15)11(17)18/h8-10,16H,3-7H2,1-2H3,(H,17,18)/t8?,9-,10-/m0/s1. The van der Waals surface area contributed by atoms with E-state index in [1.165, 1.54) is 4.90 Å². The number of likely N-dealkylation sites (N-methyl/N-ethyl adjacent to an activating group) is 1. The van der Waals surface area contributed by atoms with Crippen molar-refractivity contribution in [1.29, 1.82) is 0 Å². The zero-order valence-corrected chi connectivity index (χ0v) is 11.3. The quantitative estimate of drug-likeness (QED) is 0.656. The van der Waals surface area contributed by atoms with Crippen LogP contribution < -0.4 is 0 Å². The number of likely N-dealkylation sites (tertiary alicyclic amines) is 1. The van der Waals surface area contributed by atoms with Crippen molar-refractivity contribution in [3.05, 3.63) is 0 Å². The third kappa shape index (κ3) is 2.82. The molecule has 0 aliphatic carbocycles. The summed E-state index contributed by atoms with van der Waals surface area (Å²) in [5, 5.41) is 18.7. The molecule has 2 amide bonds. The van der Waals surface area contributed by atoms with Gasteiger partial charge in [0.15, 0.2) is 0 Å². The first-order valence-corrected chi connectivity index (χ1v) is 6.56. The number of aliphatic carboxylic acids is 1. The maximum absolute atomic E-state index is 12.4. The van der Waals surface area contributed by atoms with Crippen molar-refractivity contribution in [3.63, 3.8) is 0 Å². The van der Waals surface area contributed by atoms with E-state index in [1.807, 2.05) is 14.0 Å². The minimum Gasteiger partial charge on any atom is -0.480 e. The van der Waals surface area contributed by atoms with Crippen LogP contribution in [0.4, 0.5) is 4.79 Å². The van der Waals surface area contributed by atoms with Gasteiger partial charge >= 0.3 is 12.0 Å². The molecule has 7 heteroatoms. The summed E-state index contributed by atoms with van der Waals surface area (Å²) in [4.78, 5) is 28.7. The second kappa shape index (κ2) is 5.34. The van der Waals surface area contributed by atoms with E-state index in [-0.39, 0.29) is 25.0 Å². The number of carboxylic acids is 1. The van der Waals surface area contributed by atoms with Crippen molar-refractivity contribution in [3.8, 4) is 0 Å². The summed E-state index contributed by atoms with van der Waals surface area (Å²) in [6.07, 6.45) is -0.628.